The average Bonchev–Trinajstić information content (AvgIpc) is 3.04. The summed E-state index contributed by atoms with van der Waals surface area (Å²) in [6, 6.07) is 16.3. The van der Waals surface area contributed by atoms with Gasteiger partial charge in [-0.25, -0.2) is 0 Å². The van der Waals surface area contributed by atoms with Crippen LogP contribution < -0.4 is 14.2 Å². The van der Waals surface area contributed by atoms with Crippen molar-refractivity contribution < 1.29 is 23.7 Å². The molecule has 0 amide bonds. The molecule has 0 spiro atoms. The number of halogens is 1. The van der Waals surface area contributed by atoms with Crippen molar-refractivity contribution in [2.45, 2.75) is 18.8 Å². The van der Waals surface area contributed by atoms with E-state index in [2.05, 4.69) is 22.0 Å². The number of hydrogen-bond acceptors (Lipinski definition) is 9. The van der Waals surface area contributed by atoms with E-state index in [1.165, 1.54) is 21.3 Å². The summed E-state index contributed by atoms with van der Waals surface area (Å²) in [5, 5.41) is 40.1. The number of hydrogen-bond donors (Lipinski definition) is 1. The van der Waals surface area contributed by atoms with Crippen molar-refractivity contribution in [1.29, 1.82) is 21.2 Å². The zero-order chi connectivity index (χ0) is 25.6. The fourth-order valence-electron chi connectivity index (χ4n) is 5.09. The maximum Gasteiger partial charge on any atom is 0.244 e. The summed E-state index contributed by atoms with van der Waals surface area (Å²) in [4.78, 5) is 0. The topological polar surface area (TPSA) is 141 Å². The smallest absolute Gasteiger partial charge is 0.244 e. The molecule has 4 unspecified atom stereocenters. The van der Waals surface area contributed by atoms with Gasteiger partial charge in [0, 0.05) is 21.7 Å². The van der Waals surface area contributed by atoms with E-state index in [9.17, 15) is 15.8 Å². The predicted octanol–water partition coefficient (Wildman–Crippen LogP) is 4.59. The summed E-state index contributed by atoms with van der Waals surface area (Å²) in [5.74, 6) is -2.07. The minimum atomic E-state index is -2.15. The molecule has 0 saturated carbocycles. The highest BCUT2D eigenvalue weighted by Crippen LogP contribution is 2.69. The number of nitrogens with one attached hydrogen (secondary N) is 1. The summed E-state index contributed by atoms with van der Waals surface area (Å²) in [5.41, 5.74) is -3.28. The molecule has 2 aliphatic rings. The molecule has 2 fully saturated rings. The highest BCUT2D eigenvalue weighted by atomic mass is 79.9. The highest BCUT2D eigenvalue weighted by Gasteiger charge is 2.80. The summed E-state index contributed by atoms with van der Waals surface area (Å²) in [7, 11) is 4.34. The first-order chi connectivity index (χ1) is 16.7. The van der Waals surface area contributed by atoms with Crippen LogP contribution >= 0.6 is 15.9 Å². The number of benzene rings is 2. The van der Waals surface area contributed by atoms with Gasteiger partial charge in [0.1, 0.15) is 11.9 Å². The van der Waals surface area contributed by atoms with Crippen LogP contribution in [0.25, 0.3) is 0 Å². The van der Waals surface area contributed by atoms with Gasteiger partial charge in [0.05, 0.1) is 45.5 Å². The van der Waals surface area contributed by atoms with E-state index in [-0.39, 0.29) is 11.3 Å². The SMILES string of the molecule is COc1cc(OC)c(C2OC3(c4ccc(Br)cc4)OC(=N)C(C#N)(C3C)C2(C#N)C#N)cc1OC. The summed E-state index contributed by atoms with van der Waals surface area (Å²) >= 11 is 3.40. The molecule has 2 aromatic carbocycles. The van der Waals surface area contributed by atoms with Gasteiger partial charge in [0.25, 0.3) is 0 Å². The number of methoxy groups -OCH3 is 3. The molecule has 35 heavy (non-hydrogen) atoms. The van der Waals surface area contributed by atoms with Crippen molar-refractivity contribution in [3.05, 3.63) is 52.0 Å². The van der Waals surface area contributed by atoms with Crippen LogP contribution in [0.15, 0.2) is 40.9 Å². The third kappa shape index (κ3) is 2.96. The van der Waals surface area contributed by atoms with E-state index in [0.717, 1.165) is 4.47 Å². The molecule has 2 aromatic rings. The number of nitriles is 3. The number of ether oxygens (including phenoxy) is 5. The van der Waals surface area contributed by atoms with E-state index < -0.39 is 34.5 Å². The molecule has 0 radical (unpaired) electrons. The van der Waals surface area contributed by atoms with Crippen molar-refractivity contribution >= 4 is 21.8 Å². The molecule has 4 rings (SSSR count). The highest BCUT2D eigenvalue weighted by molar-refractivity contribution is 9.10. The Bertz CT molecular complexity index is 1310. The fraction of sp³-hybridized carbons (Fsp3) is 0.360. The lowest BCUT2D eigenvalue weighted by atomic mass is 9.53. The zero-order valence-corrected chi connectivity index (χ0v) is 21.0. The minimum Gasteiger partial charge on any atom is -0.496 e. The number of rotatable bonds is 5. The molecule has 2 heterocycles. The van der Waals surface area contributed by atoms with Crippen LogP contribution in [0.3, 0.4) is 0 Å². The van der Waals surface area contributed by atoms with Crippen molar-refractivity contribution in [3.8, 4) is 35.5 Å². The first kappa shape index (κ1) is 24.3. The van der Waals surface area contributed by atoms with Crippen molar-refractivity contribution in [2.24, 2.45) is 16.7 Å². The Morgan fingerprint density at radius 1 is 0.914 bits per heavy atom. The quantitative estimate of drug-likeness (QED) is 0.584. The molecular weight excluding hydrogens is 516 g/mol. The molecule has 10 heteroatoms. The molecule has 178 valence electrons. The van der Waals surface area contributed by atoms with Gasteiger partial charge < -0.3 is 23.7 Å². The second kappa shape index (κ2) is 8.46. The van der Waals surface area contributed by atoms with E-state index in [1.807, 2.05) is 12.1 Å². The van der Waals surface area contributed by atoms with Crippen LogP contribution in [0, 0.1) is 56.2 Å². The van der Waals surface area contributed by atoms with Crippen molar-refractivity contribution in [3.63, 3.8) is 0 Å². The molecule has 1 N–H and O–H groups in total. The first-order valence-electron chi connectivity index (χ1n) is 10.5. The monoisotopic (exact) mass is 536 g/mol. The fourth-order valence-corrected chi connectivity index (χ4v) is 5.35. The Hall–Kier alpha value is -3.78. The van der Waals surface area contributed by atoms with Gasteiger partial charge >= 0.3 is 0 Å². The van der Waals surface area contributed by atoms with E-state index >= 15 is 0 Å². The molecule has 0 aromatic heterocycles. The maximum absolute atomic E-state index is 10.5. The molecule has 4 atom stereocenters. The lowest BCUT2D eigenvalue weighted by molar-refractivity contribution is -0.288. The Morgan fingerprint density at radius 2 is 1.49 bits per heavy atom. The lowest BCUT2D eigenvalue weighted by Gasteiger charge is -2.49. The van der Waals surface area contributed by atoms with Crippen molar-refractivity contribution in [1.82, 2.24) is 0 Å². The molecular formula is C25H21BrN4O5. The second-order valence-corrected chi connectivity index (χ2v) is 9.14. The van der Waals surface area contributed by atoms with Gasteiger partial charge in [-0.15, -0.1) is 0 Å². The second-order valence-electron chi connectivity index (χ2n) is 8.23. The Labute approximate surface area is 211 Å². The summed E-state index contributed by atoms with van der Waals surface area (Å²) in [6.45, 7) is 1.65. The van der Waals surface area contributed by atoms with Gasteiger partial charge in [-0.1, -0.05) is 35.0 Å². The van der Waals surface area contributed by atoms with Gasteiger partial charge in [0.2, 0.25) is 17.1 Å². The lowest BCUT2D eigenvalue weighted by Crippen LogP contribution is -2.57. The number of nitrogens with zero attached hydrogens (tertiary/aromatic N) is 3. The number of fused-ring (bicyclic) bond motifs is 2. The van der Waals surface area contributed by atoms with Gasteiger partial charge in [-0.2, -0.15) is 15.8 Å². The molecule has 2 aliphatic heterocycles. The molecule has 0 aliphatic carbocycles. The van der Waals surface area contributed by atoms with Crippen LogP contribution in [0.4, 0.5) is 0 Å². The van der Waals surface area contributed by atoms with Crippen LogP contribution in [-0.4, -0.2) is 27.2 Å². The third-order valence-corrected chi connectivity index (χ3v) is 7.46. The Balaban J connectivity index is 2.08. The molecule has 9 nitrogen and oxygen atoms in total. The summed E-state index contributed by atoms with van der Waals surface area (Å²) < 4.78 is 29.7. The average molecular weight is 537 g/mol. The Kier molecular flexibility index (Phi) is 5.89. The van der Waals surface area contributed by atoms with Crippen molar-refractivity contribution in [2.75, 3.05) is 21.3 Å². The van der Waals surface area contributed by atoms with E-state index in [1.54, 1.807) is 43.3 Å². The minimum absolute atomic E-state index is 0.252. The van der Waals surface area contributed by atoms with Crippen LogP contribution in [0.5, 0.6) is 17.2 Å². The Morgan fingerprint density at radius 3 is 2.00 bits per heavy atom. The van der Waals surface area contributed by atoms with Gasteiger partial charge in [-0.05, 0) is 18.2 Å². The van der Waals surface area contributed by atoms with Crippen LogP contribution in [0.1, 0.15) is 24.2 Å². The maximum atomic E-state index is 10.5. The molecule has 2 saturated heterocycles. The van der Waals surface area contributed by atoms with E-state index in [0.29, 0.717) is 17.1 Å². The predicted molar refractivity (Wildman–Crippen MR) is 125 cm³/mol. The first-order valence-corrected chi connectivity index (χ1v) is 11.3. The largest absolute Gasteiger partial charge is 0.496 e. The van der Waals surface area contributed by atoms with Crippen LogP contribution in [-0.2, 0) is 15.3 Å². The van der Waals surface area contributed by atoms with Gasteiger partial charge in [0.15, 0.2) is 16.9 Å². The van der Waals surface area contributed by atoms with E-state index in [4.69, 9.17) is 29.1 Å². The summed E-state index contributed by atoms with van der Waals surface area (Å²) in [6.07, 6.45) is -1.35. The van der Waals surface area contributed by atoms with Crippen LogP contribution in [0.2, 0.25) is 0 Å². The normalized spacial score (nSPS) is 28.1. The molecule has 2 bridgehead atoms. The van der Waals surface area contributed by atoms with Gasteiger partial charge in [-0.3, -0.25) is 5.41 Å². The standard InChI is InChI=1S/C25H21BrN4O5/c1-14-24(13-29)22(30)35-25(14,15-5-7-16(26)8-6-15)34-21(23(24,11-27)12-28)17-9-19(32-3)20(33-4)10-18(17)31-2/h5-10,14,21,30H,1-4H3. The third-order valence-electron chi connectivity index (χ3n) is 6.93. The zero-order valence-electron chi connectivity index (χ0n) is 19.4.